The molecule has 0 saturated heterocycles. The van der Waals surface area contributed by atoms with E-state index in [4.69, 9.17) is 0 Å². The molecule has 1 aromatic rings. The van der Waals surface area contributed by atoms with Crippen molar-refractivity contribution in [2.45, 2.75) is 28.8 Å². The van der Waals surface area contributed by atoms with E-state index in [0.717, 1.165) is 0 Å². The summed E-state index contributed by atoms with van der Waals surface area (Å²) < 4.78 is 112. The molecule has 0 aliphatic heterocycles. The third-order valence-corrected chi connectivity index (χ3v) is 3.89. The quantitative estimate of drug-likeness (QED) is 0.443. The van der Waals surface area contributed by atoms with Gasteiger partial charge in [-0.15, -0.1) is 12.6 Å². The number of thiol groups is 1. The van der Waals surface area contributed by atoms with Crippen molar-refractivity contribution in [2.24, 2.45) is 0 Å². The SMILES string of the molecule is FC(F)(F)C(F)(F)C(F)(F)C(F)(F)c1c(S)c(=S)c1=S. The van der Waals surface area contributed by atoms with Gasteiger partial charge in [-0.25, -0.2) is 0 Å². The zero-order valence-electron chi connectivity index (χ0n) is 8.67. The Labute approximate surface area is 120 Å². The summed E-state index contributed by atoms with van der Waals surface area (Å²) in [6, 6.07) is 0. The topological polar surface area (TPSA) is 0 Å². The second kappa shape index (κ2) is 4.57. The van der Waals surface area contributed by atoms with Crippen LogP contribution < -0.4 is 0 Å². The lowest BCUT2D eigenvalue weighted by molar-refractivity contribution is -0.400. The third kappa shape index (κ3) is 2.06. The summed E-state index contributed by atoms with van der Waals surface area (Å²) in [6.45, 7) is 0. The standard InChI is InChI=1S/C8HF9S3/c9-5(10,1-2(18)4(20)3(1)19)6(11,12)7(13,14)8(15,16)17/h18H. The Balaban J connectivity index is 3.49. The molecule has 0 bridgehead atoms. The predicted molar refractivity (Wildman–Crippen MR) is 57.6 cm³/mol. The Morgan fingerprint density at radius 2 is 1.10 bits per heavy atom. The molecule has 12 heteroatoms. The van der Waals surface area contributed by atoms with Crippen LogP contribution in [0.2, 0.25) is 0 Å². The van der Waals surface area contributed by atoms with Crippen LogP contribution in [-0.2, 0) is 5.92 Å². The molecule has 0 heterocycles. The van der Waals surface area contributed by atoms with Gasteiger partial charge < -0.3 is 0 Å². The molecule has 114 valence electrons. The summed E-state index contributed by atoms with van der Waals surface area (Å²) in [5.41, 5.74) is -1.89. The van der Waals surface area contributed by atoms with Crippen molar-refractivity contribution in [3.63, 3.8) is 0 Å². The zero-order chi connectivity index (χ0) is 16.3. The second-order valence-corrected chi connectivity index (χ2v) is 4.87. The molecule has 1 rings (SSSR count). The molecular weight excluding hydrogens is 363 g/mol. The van der Waals surface area contributed by atoms with Crippen molar-refractivity contribution < 1.29 is 39.5 Å². The Morgan fingerprint density at radius 3 is 1.40 bits per heavy atom. The molecule has 0 atom stereocenters. The molecule has 0 spiro atoms. The molecule has 0 radical (unpaired) electrons. The van der Waals surface area contributed by atoms with Crippen LogP contribution in [0.5, 0.6) is 0 Å². The number of hydrogen-bond donors (Lipinski definition) is 1. The van der Waals surface area contributed by atoms with Crippen LogP contribution in [0, 0.1) is 9.02 Å². The summed E-state index contributed by atoms with van der Waals surface area (Å²) in [4.78, 5) is -1.01. The van der Waals surface area contributed by atoms with E-state index in [1.54, 1.807) is 0 Å². The highest BCUT2D eigenvalue weighted by molar-refractivity contribution is 7.81. The third-order valence-electron chi connectivity index (χ3n) is 2.34. The van der Waals surface area contributed by atoms with E-state index in [1.165, 1.54) is 0 Å². The van der Waals surface area contributed by atoms with Crippen molar-refractivity contribution in [2.75, 3.05) is 0 Å². The molecule has 20 heavy (non-hydrogen) atoms. The number of hydrogen-bond acceptors (Lipinski definition) is 3. The fraction of sp³-hybridized carbons (Fsp3) is 0.500. The van der Waals surface area contributed by atoms with Crippen LogP contribution in [0.4, 0.5) is 39.5 Å². The van der Waals surface area contributed by atoms with E-state index in [0.29, 0.717) is 0 Å². The molecule has 0 nitrogen and oxygen atoms in total. The normalized spacial score (nSPS) is 14.9. The lowest BCUT2D eigenvalue weighted by atomic mass is 9.94. The molecule has 1 aromatic carbocycles. The van der Waals surface area contributed by atoms with Crippen molar-refractivity contribution in [3.8, 4) is 0 Å². The predicted octanol–water partition coefficient (Wildman–Crippen LogP) is 5.23. The fourth-order valence-electron chi connectivity index (χ4n) is 1.20. The summed E-state index contributed by atoms with van der Waals surface area (Å²) in [6.07, 6.45) is -6.87. The highest BCUT2D eigenvalue weighted by atomic mass is 32.1. The lowest BCUT2D eigenvalue weighted by Gasteiger charge is -2.34. The largest absolute Gasteiger partial charge is 0.460 e. The van der Waals surface area contributed by atoms with Crippen LogP contribution in [0.15, 0.2) is 4.90 Å². The average Bonchev–Trinajstić information content (AvgIpc) is 2.26. The first-order valence-electron chi connectivity index (χ1n) is 4.33. The van der Waals surface area contributed by atoms with E-state index in [2.05, 4.69) is 37.1 Å². The van der Waals surface area contributed by atoms with Crippen molar-refractivity contribution in [3.05, 3.63) is 14.6 Å². The van der Waals surface area contributed by atoms with Gasteiger partial charge in [0.05, 0.1) is 14.6 Å². The average molecular weight is 364 g/mol. The molecule has 0 aromatic heterocycles. The highest BCUT2D eigenvalue weighted by Crippen LogP contribution is 2.58. The van der Waals surface area contributed by atoms with Gasteiger partial charge in [0.15, 0.2) is 0 Å². The van der Waals surface area contributed by atoms with Crippen LogP contribution >= 0.6 is 37.1 Å². The van der Waals surface area contributed by atoms with Crippen LogP contribution in [0.3, 0.4) is 0 Å². The van der Waals surface area contributed by atoms with Crippen LogP contribution in [0.1, 0.15) is 5.56 Å². The Bertz CT molecular complexity index is 605. The van der Waals surface area contributed by atoms with E-state index in [1.807, 2.05) is 0 Å². The van der Waals surface area contributed by atoms with Crippen molar-refractivity contribution >= 4 is 37.1 Å². The smallest absolute Gasteiger partial charge is 0.194 e. The molecule has 0 aliphatic carbocycles. The van der Waals surface area contributed by atoms with Crippen LogP contribution in [-0.4, -0.2) is 18.0 Å². The second-order valence-electron chi connectivity index (χ2n) is 3.60. The summed E-state index contributed by atoms with van der Waals surface area (Å²) in [7, 11) is 0. The molecule has 0 unspecified atom stereocenters. The van der Waals surface area contributed by atoms with Crippen molar-refractivity contribution in [1.82, 2.24) is 0 Å². The highest BCUT2D eigenvalue weighted by Gasteiger charge is 2.82. The zero-order valence-corrected chi connectivity index (χ0v) is 11.2. The minimum Gasteiger partial charge on any atom is -0.194 e. The van der Waals surface area contributed by atoms with Gasteiger partial charge in [-0.2, -0.15) is 39.5 Å². The first-order chi connectivity index (χ1) is 8.60. The van der Waals surface area contributed by atoms with Gasteiger partial charge in [-0.1, -0.05) is 24.4 Å². The molecule has 0 fully saturated rings. The Hall–Kier alpha value is -0.360. The van der Waals surface area contributed by atoms with Gasteiger partial charge in [0, 0.05) is 4.90 Å². The molecule has 0 saturated carbocycles. The molecule has 0 aliphatic rings. The van der Waals surface area contributed by atoms with Gasteiger partial charge >= 0.3 is 23.9 Å². The maximum Gasteiger partial charge on any atom is 0.460 e. The first kappa shape index (κ1) is 17.7. The van der Waals surface area contributed by atoms with E-state index in [-0.39, 0.29) is 0 Å². The van der Waals surface area contributed by atoms with Gasteiger partial charge in [0.25, 0.3) is 0 Å². The van der Waals surface area contributed by atoms with Gasteiger partial charge in [0.2, 0.25) is 0 Å². The fourth-order valence-corrected chi connectivity index (χ4v) is 2.25. The first-order valence-corrected chi connectivity index (χ1v) is 5.60. The maximum atomic E-state index is 13.4. The van der Waals surface area contributed by atoms with E-state index >= 15 is 0 Å². The van der Waals surface area contributed by atoms with Gasteiger partial charge in [0.1, 0.15) is 0 Å². The summed E-state index contributed by atoms with van der Waals surface area (Å²) in [5, 5.41) is 0. The summed E-state index contributed by atoms with van der Waals surface area (Å²) in [5.74, 6) is -19.6. The lowest BCUT2D eigenvalue weighted by Crippen LogP contribution is -2.59. The van der Waals surface area contributed by atoms with E-state index < -0.39 is 43.4 Å². The number of alkyl halides is 9. The summed E-state index contributed by atoms with van der Waals surface area (Å²) >= 11 is 11.7. The molecule has 0 amide bonds. The van der Waals surface area contributed by atoms with Gasteiger partial charge in [-0.3, -0.25) is 0 Å². The maximum absolute atomic E-state index is 13.4. The van der Waals surface area contributed by atoms with Gasteiger partial charge in [-0.05, 0) is 0 Å². The number of halogens is 9. The van der Waals surface area contributed by atoms with Crippen molar-refractivity contribution in [1.29, 1.82) is 0 Å². The number of rotatable bonds is 3. The van der Waals surface area contributed by atoms with E-state index in [9.17, 15) is 39.5 Å². The Morgan fingerprint density at radius 1 is 0.700 bits per heavy atom. The minimum atomic E-state index is -6.96. The minimum absolute atomic E-state index is 0.580. The van der Waals surface area contributed by atoms with Crippen LogP contribution in [0.25, 0.3) is 0 Å². The molecular formula is C8HF9S3. The Kier molecular flexibility index (Phi) is 4.04. The molecule has 0 N–H and O–H groups in total. The monoisotopic (exact) mass is 364 g/mol.